The molecule has 1 N–H and O–H groups in total. The van der Waals surface area contributed by atoms with Gasteiger partial charge in [0.1, 0.15) is 0 Å². The maximum absolute atomic E-state index is 12.4. The number of nitrogens with zero attached hydrogens (tertiary/aromatic N) is 1. The second kappa shape index (κ2) is 5.52. The van der Waals surface area contributed by atoms with Crippen molar-refractivity contribution in [3.63, 3.8) is 0 Å². The highest BCUT2D eigenvalue weighted by Crippen LogP contribution is 2.27. The molecule has 0 aromatic rings. The highest BCUT2D eigenvalue weighted by molar-refractivity contribution is 5.71. The van der Waals surface area contributed by atoms with E-state index in [0.717, 1.165) is 0 Å². The molecule has 2 unspecified atom stereocenters. The topological polar surface area (TPSA) is 40.5 Å². The highest BCUT2D eigenvalue weighted by Gasteiger charge is 2.45. The first-order chi connectivity index (χ1) is 7.07. The Bertz CT molecular complexity index is 241. The zero-order chi connectivity index (χ0) is 13.1. The predicted octanol–water partition coefficient (Wildman–Crippen LogP) is 2.23. The summed E-state index contributed by atoms with van der Waals surface area (Å²) in [6, 6.07) is -0.0933. The van der Waals surface area contributed by atoms with Crippen LogP contribution < -0.4 is 0 Å². The predicted molar refractivity (Wildman–Crippen MR) is 54.1 cm³/mol. The lowest BCUT2D eigenvalue weighted by atomic mass is 10.0. The Balaban J connectivity index is 4.60. The number of alkyl halides is 3. The van der Waals surface area contributed by atoms with Crippen LogP contribution >= 0.6 is 0 Å². The zero-order valence-corrected chi connectivity index (χ0v) is 9.88. The molecular formula is C10H18F3NO2. The molecule has 0 spiro atoms. The lowest BCUT2D eigenvalue weighted by Gasteiger charge is -2.30. The first-order valence-electron chi connectivity index (χ1n) is 5.07. The molecule has 0 amide bonds. The number of carboxylic acids is 1. The Morgan fingerprint density at radius 2 is 1.75 bits per heavy atom. The van der Waals surface area contributed by atoms with E-state index in [1.165, 1.54) is 11.9 Å². The number of rotatable bonds is 5. The van der Waals surface area contributed by atoms with Crippen molar-refractivity contribution in [1.82, 2.24) is 4.90 Å². The average molecular weight is 241 g/mol. The van der Waals surface area contributed by atoms with Gasteiger partial charge < -0.3 is 10.0 Å². The summed E-state index contributed by atoms with van der Waals surface area (Å²) in [4.78, 5) is 12.0. The van der Waals surface area contributed by atoms with E-state index >= 15 is 0 Å². The van der Waals surface area contributed by atoms with Crippen LogP contribution in [0, 0.1) is 11.8 Å². The zero-order valence-electron chi connectivity index (χ0n) is 9.88. The summed E-state index contributed by atoms with van der Waals surface area (Å²) < 4.78 is 37.2. The normalized spacial score (nSPS) is 16.6. The van der Waals surface area contributed by atoms with Gasteiger partial charge in [-0.2, -0.15) is 13.2 Å². The number of aliphatic carboxylic acids is 1. The molecular weight excluding hydrogens is 223 g/mol. The van der Waals surface area contributed by atoms with E-state index in [-0.39, 0.29) is 12.0 Å². The molecule has 2 atom stereocenters. The van der Waals surface area contributed by atoms with Crippen molar-refractivity contribution in [3.05, 3.63) is 0 Å². The van der Waals surface area contributed by atoms with Gasteiger partial charge in [0.2, 0.25) is 0 Å². The smallest absolute Gasteiger partial charge is 0.403 e. The van der Waals surface area contributed by atoms with Gasteiger partial charge in [0.25, 0.3) is 0 Å². The van der Waals surface area contributed by atoms with E-state index in [1.807, 2.05) is 13.8 Å². The second-order valence-electron chi connectivity index (χ2n) is 4.36. The third kappa shape index (κ3) is 4.38. The summed E-state index contributed by atoms with van der Waals surface area (Å²) in [5.74, 6) is -3.97. The third-order valence-corrected chi connectivity index (χ3v) is 2.82. The molecule has 0 aromatic heterocycles. The van der Waals surface area contributed by atoms with Crippen LogP contribution in [-0.4, -0.2) is 41.8 Å². The minimum atomic E-state index is -4.70. The van der Waals surface area contributed by atoms with Crippen molar-refractivity contribution in [2.24, 2.45) is 11.8 Å². The molecule has 0 aliphatic rings. The molecule has 0 saturated heterocycles. The van der Waals surface area contributed by atoms with Gasteiger partial charge in [-0.05, 0) is 19.9 Å². The fourth-order valence-electron chi connectivity index (χ4n) is 1.28. The van der Waals surface area contributed by atoms with E-state index in [2.05, 4.69) is 0 Å². The molecule has 0 heterocycles. The molecule has 96 valence electrons. The molecule has 0 aliphatic heterocycles. The lowest BCUT2D eigenvalue weighted by Crippen LogP contribution is -2.44. The molecule has 3 nitrogen and oxygen atoms in total. The summed E-state index contributed by atoms with van der Waals surface area (Å²) in [6.45, 7) is 5.02. The van der Waals surface area contributed by atoms with Crippen LogP contribution in [0.2, 0.25) is 0 Å². The van der Waals surface area contributed by atoms with Crippen LogP contribution in [0.3, 0.4) is 0 Å². The number of hydrogen-bond donors (Lipinski definition) is 1. The Hall–Kier alpha value is -0.780. The average Bonchev–Trinajstić information content (AvgIpc) is 2.09. The van der Waals surface area contributed by atoms with Crippen LogP contribution in [0.1, 0.15) is 20.8 Å². The second-order valence-corrected chi connectivity index (χ2v) is 4.36. The van der Waals surface area contributed by atoms with E-state index < -0.39 is 24.6 Å². The quantitative estimate of drug-likeness (QED) is 0.802. The number of halogens is 3. The van der Waals surface area contributed by atoms with Gasteiger partial charge in [-0.25, -0.2) is 0 Å². The van der Waals surface area contributed by atoms with Gasteiger partial charge in [0, 0.05) is 12.6 Å². The molecule has 0 aliphatic carbocycles. The Morgan fingerprint density at radius 1 is 1.31 bits per heavy atom. The summed E-state index contributed by atoms with van der Waals surface area (Å²) in [5, 5.41) is 8.53. The van der Waals surface area contributed by atoms with Crippen LogP contribution in [-0.2, 0) is 4.79 Å². The van der Waals surface area contributed by atoms with Gasteiger partial charge in [-0.15, -0.1) is 0 Å². The van der Waals surface area contributed by atoms with Gasteiger partial charge in [-0.3, -0.25) is 4.79 Å². The van der Waals surface area contributed by atoms with E-state index in [4.69, 9.17) is 5.11 Å². The van der Waals surface area contributed by atoms with Gasteiger partial charge in [0.15, 0.2) is 5.92 Å². The monoisotopic (exact) mass is 241 g/mol. The minimum Gasteiger partial charge on any atom is -0.481 e. The van der Waals surface area contributed by atoms with Crippen molar-refractivity contribution >= 4 is 5.97 Å². The third-order valence-electron chi connectivity index (χ3n) is 2.82. The summed E-state index contributed by atoms with van der Waals surface area (Å²) in [7, 11) is 1.51. The molecule has 0 aromatic carbocycles. The Morgan fingerprint density at radius 3 is 2.00 bits per heavy atom. The highest BCUT2D eigenvalue weighted by atomic mass is 19.4. The molecule has 0 rings (SSSR count). The van der Waals surface area contributed by atoms with Crippen molar-refractivity contribution < 1.29 is 23.1 Å². The summed E-state index contributed by atoms with van der Waals surface area (Å²) in [6.07, 6.45) is -4.70. The van der Waals surface area contributed by atoms with Crippen molar-refractivity contribution in [2.45, 2.75) is 33.0 Å². The fraction of sp³-hybridized carbons (Fsp3) is 0.900. The molecule has 0 fully saturated rings. The SMILES string of the molecule is CC(C)C(C)N(C)CC(C(=O)O)C(F)(F)F. The number of carbonyl (C=O) groups is 1. The fourth-order valence-corrected chi connectivity index (χ4v) is 1.28. The van der Waals surface area contributed by atoms with Gasteiger partial charge in [0.05, 0.1) is 0 Å². The number of hydrogen-bond acceptors (Lipinski definition) is 2. The van der Waals surface area contributed by atoms with E-state index in [9.17, 15) is 18.0 Å². The minimum absolute atomic E-state index is 0.0933. The molecule has 16 heavy (non-hydrogen) atoms. The van der Waals surface area contributed by atoms with Gasteiger partial charge in [-0.1, -0.05) is 13.8 Å². The van der Waals surface area contributed by atoms with E-state index in [1.54, 1.807) is 6.92 Å². The first-order valence-corrected chi connectivity index (χ1v) is 5.07. The van der Waals surface area contributed by atoms with Crippen LogP contribution in [0.4, 0.5) is 13.2 Å². The maximum atomic E-state index is 12.4. The maximum Gasteiger partial charge on any atom is 0.403 e. The van der Waals surface area contributed by atoms with Crippen molar-refractivity contribution in [1.29, 1.82) is 0 Å². The van der Waals surface area contributed by atoms with Gasteiger partial charge >= 0.3 is 12.1 Å². The Labute approximate surface area is 93.2 Å². The standard InChI is InChI=1S/C10H18F3NO2/c1-6(2)7(3)14(4)5-8(9(15)16)10(11,12)13/h6-8H,5H2,1-4H3,(H,15,16). The number of carboxylic acid groups (broad SMARTS) is 1. The Kier molecular flexibility index (Phi) is 5.25. The van der Waals surface area contributed by atoms with E-state index in [0.29, 0.717) is 0 Å². The lowest BCUT2D eigenvalue weighted by molar-refractivity contribution is -0.197. The van der Waals surface area contributed by atoms with Crippen molar-refractivity contribution in [2.75, 3.05) is 13.6 Å². The first kappa shape index (κ1) is 15.2. The summed E-state index contributed by atoms with van der Waals surface area (Å²) >= 11 is 0. The molecule has 0 saturated carbocycles. The van der Waals surface area contributed by atoms with Crippen LogP contribution in [0.25, 0.3) is 0 Å². The molecule has 6 heteroatoms. The molecule has 0 bridgehead atoms. The molecule has 0 radical (unpaired) electrons. The largest absolute Gasteiger partial charge is 0.481 e. The van der Waals surface area contributed by atoms with Crippen LogP contribution in [0.5, 0.6) is 0 Å². The van der Waals surface area contributed by atoms with Crippen LogP contribution in [0.15, 0.2) is 0 Å². The van der Waals surface area contributed by atoms with Crippen molar-refractivity contribution in [3.8, 4) is 0 Å². The summed E-state index contributed by atoms with van der Waals surface area (Å²) in [5.41, 5.74) is 0.